The van der Waals surface area contributed by atoms with Crippen molar-refractivity contribution >= 4 is 5.91 Å². The smallest absolute Gasteiger partial charge is 0.225 e. The summed E-state index contributed by atoms with van der Waals surface area (Å²) in [5.74, 6) is 0.0808. The Hall–Kier alpha value is -0.610. The summed E-state index contributed by atoms with van der Waals surface area (Å²) in [7, 11) is 1.58. The lowest BCUT2D eigenvalue weighted by atomic mass is 10.0. The van der Waals surface area contributed by atoms with Crippen molar-refractivity contribution in [1.82, 2.24) is 5.32 Å². The Morgan fingerprint density at radius 1 is 1.40 bits per heavy atom. The summed E-state index contributed by atoms with van der Waals surface area (Å²) < 4.78 is 4.88. The van der Waals surface area contributed by atoms with Crippen LogP contribution in [0.2, 0.25) is 0 Å². The highest BCUT2D eigenvalue weighted by atomic mass is 16.5. The van der Waals surface area contributed by atoms with E-state index in [1.807, 2.05) is 20.8 Å². The third kappa shape index (κ3) is 6.47. The van der Waals surface area contributed by atoms with Gasteiger partial charge in [-0.2, -0.15) is 0 Å². The fraction of sp³-hybridized carbons (Fsp3) is 0.909. The number of aliphatic hydroxyl groups excluding tert-OH is 1. The first-order valence-electron chi connectivity index (χ1n) is 5.43. The highest BCUT2D eigenvalue weighted by Gasteiger charge is 2.13. The van der Waals surface area contributed by atoms with Crippen molar-refractivity contribution in [2.75, 3.05) is 20.3 Å². The van der Waals surface area contributed by atoms with E-state index < -0.39 is 0 Å². The van der Waals surface area contributed by atoms with E-state index in [1.165, 1.54) is 0 Å². The van der Waals surface area contributed by atoms with Gasteiger partial charge in [0.05, 0.1) is 18.6 Å². The molecule has 0 aromatic rings. The lowest BCUT2D eigenvalue weighted by molar-refractivity contribution is -0.126. The molecular weight excluding hydrogens is 194 g/mol. The summed E-state index contributed by atoms with van der Waals surface area (Å²) in [5.41, 5.74) is 0. The zero-order valence-electron chi connectivity index (χ0n) is 10.1. The molecule has 0 radical (unpaired) electrons. The van der Waals surface area contributed by atoms with Crippen LogP contribution in [0.3, 0.4) is 0 Å². The Labute approximate surface area is 92.0 Å². The summed E-state index contributed by atoms with van der Waals surface area (Å²) in [5, 5.41) is 12.3. The predicted octanol–water partition coefficient (Wildman–Crippen LogP) is 0.792. The van der Waals surface area contributed by atoms with E-state index in [0.717, 1.165) is 0 Å². The lowest BCUT2D eigenvalue weighted by Gasteiger charge is -2.16. The second-order valence-electron chi connectivity index (χ2n) is 4.25. The molecule has 0 aliphatic rings. The molecule has 0 aromatic carbocycles. The molecule has 4 nitrogen and oxygen atoms in total. The molecule has 2 N–H and O–H groups in total. The topological polar surface area (TPSA) is 58.6 Å². The van der Waals surface area contributed by atoms with E-state index >= 15 is 0 Å². The number of methoxy groups -OCH3 is 1. The first kappa shape index (κ1) is 14.4. The first-order valence-corrected chi connectivity index (χ1v) is 5.43. The number of rotatable bonds is 7. The van der Waals surface area contributed by atoms with Gasteiger partial charge in [0.1, 0.15) is 0 Å². The van der Waals surface area contributed by atoms with Crippen LogP contribution in [0.4, 0.5) is 0 Å². The Morgan fingerprint density at radius 3 is 2.47 bits per heavy atom. The van der Waals surface area contributed by atoms with E-state index in [-0.39, 0.29) is 23.8 Å². The fourth-order valence-electron chi connectivity index (χ4n) is 1.18. The van der Waals surface area contributed by atoms with Crippen LogP contribution in [0.25, 0.3) is 0 Å². The van der Waals surface area contributed by atoms with Crippen molar-refractivity contribution in [1.29, 1.82) is 0 Å². The van der Waals surface area contributed by atoms with Gasteiger partial charge in [-0.1, -0.05) is 20.8 Å². The van der Waals surface area contributed by atoms with E-state index in [0.29, 0.717) is 19.6 Å². The van der Waals surface area contributed by atoms with Gasteiger partial charge in [0.2, 0.25) is 5.91 Å². The van der Waals surface area contributed by atoms with Crippen LogP contribution in [-0.2, 0) is 9.53 Å². The van der Waals surface area contributed by atoms with Crippen LogP contribution in [0.1, 0.15) is 27.2 Å². The molecule has 2 atom stereocenters. The SMILES string of the molecule is COCC(C)C(=O)NCCC(O)C(C)C. The van der Waals surface area contributed by atoms with Crippen molar-refractivity contribution in [3.8, 4) is 0 Å². The second-order valence-corrected chi connectivity index (χ2v) is 4.25. The average molecular weight is 217 g/mol. The number of amides is 1. The number of carbonyl (C=O) groups is 1. The molecule has 0 saturated heterocycles. The molecule has 0 aliphatic carbocycles. The average Bonchev–Trinajstić information content (AvgIpc) is 2.17. The van der Waals surface area contributed by atoms with Crippen molar-refractivity contribution in [3.63, 3.8) is 0 Å². The molecule has 0 aliphatic heterocycles. The molecule has 0 spiro atoms. The van der Waals surface area contributed by atoms with Gasteiger partial charge in [-0.15, -0.1) is 0 Å². The van der Waals surface area contributed by atoms with Gasteiger partial charge >= 0.3 is 0 Å². The van der Waals surface area contributed by atoms with Gasteiger partial charge in [0.15, 0.2) is 0 Å². The van der Waals surface area contributed by atoms with Gasteiger partial charge in [-0.25, -0.2) is 0 Å². The molecule has 0 saturated carbocycles. The second kappa shape index (κ2) is 7.65. The van der Waals surface area contributed by atoms with Gasteiger partial charge in [0.25, 0.3) is 0 Å². The Morgan fingerprint density at radius 2 is 2.00 bits per heavy atom. The first-order chi connectivity index (χ1) is 6.99. The third-order valence-corrected chi connectivity index (χ3v) is 2.37. The largest absolute Gasteiger partial charge is 0.393 e. The maximum absolute atomic E-state index is 11.4. The monoisotopic (exact) mass is 217 g/mol. The number of aliphatic hydroxyl groups is 1. The van der Waals surface area contributed by atoms with Crippen molar-refractivity contribution in [3.05, 3.63) is 0 Å². The Kier molecular flexibility index (Phi) is 7.34. The van der Waals surface area contributed by atoms with E-state index in [9.17, 15) is 9.90 Å². The van der Waals surface area contributed by atoms with Crippen LogP contribution in [0, 0.1) is 11.8 Å². The van der Waals surface area contributed by atoms with E-state index in [1.54, 1.807) is 7.11 Å². The minimum absolute atomic E-state index is 0.0205. The molecule has 1 amide bonds. The summed E-state index contributed by atoms with van der Waals surface area (Å²) >= 11 is 0. The lowest BCUT2D eigenvalue weighted by Crippen LogP contribution is -2.34. The maximum atomic E-state index is 11.4. The predicted molar refractivity (Wildman–Crippen MR) is 59.5 cm³/mol. The zero-order valence-corrected chi connectivity index (χ0v) is 10.1. The standard InChI is InChI=1S/C11H23NO3/c1-8(2)10(13)5-6-12-11(14)9(3)7-15-4/h8-10,13H,5-7H2,1-4H3,(H,12,14). The Balaban J connectivity index is 3.63. The van der Waals surface area contributed by atoms with Crippen LogP contribution in [-0.4, -0.2) is 37.4 Å². The van der Waals surface area contributed by atoms with Crippen LogP contribution in [0.5, 0.6) is 0 Å². The fourth-order valence-corrected chi connectivity index (χ4v) is 1.18. The molecule has 0 rings (SSSR count). The molecule has 0 bridgehead atoms. The molecule has 2 unspecified atom stereocenters. The molecule has 90 valence electrons. The Bertz CT molecular complexity index is 183. The summed E-state index contributed by atoms with van der Waals surface area (Å²) in [6, 6.07) is 0. The molecule has 15 heavy (non-hydrogen) atoms. The minimum Gasteiger partial charge on any atom is -0.393 e. The van der Waals surface area contributed by atoms with Crippen molar-refractivity contribution in [2.45, 2.75) is 33.3 Å². The molecular formula is C11H23NO3. The number of ether oxygens (including phenoxy) is 1. The number of carbonyl (C=O) groups excluding carboxylic acids is 1. The zero-order chi connectivity index (χ0) is 11.8. The number of hydrogen-bond donors (Lipinski definition) is 2. The third-order valence-electron chi connectivity index (χ3n) is 2.37. The molecule has 0 heterocycles. The number of hydrogen-bond acceptors (Lipinski definition) is 3. The molecule has 0 aromatic heterocycles. The summed E-state index contributed by atoms with van der Waals surface area (Å²) in [6.45, 7) is 6.68. The van der Waals surface area contributed by atoms with E-state index in [2.05, 4.69) is 5.32 Å². The van der Waals surface area contributed by atoms with Gasteiger partial charge in [-0.3, -0.25) is 4.79 Å². The van der Waals surface area contributed by atoms with Gasteiger partial charge in [-0.05, 0) is 12.3 Å². The highest BCUT2D eigenvalue weighted by Crippen LogP contribution is 2.04. The van der Waals surface area contributed by atoms with Crippen LogP contribution < -0.4 is 5.32 Å². The van der Waals surface area contributed by atoms with Gasteiger partial charge in [0, 0.05) is 13.7 Å². The molecule has 4 heteroatoms. The van der Waals surface area contributed by atoms with Crippen molar-refractivity contribution < 1.29 is 14.6 Å². The minimum atomic E-state index is -0.344. The van der Waals surface area contributed by atoms with Crippen molar-refractivity contribution in [2.24, 2.45) is 11.8 Å². The number of nitrogens with one attached hydrogen (secondary N) is 1. The van der Waals surface area contributed by atoms with Crippen LogP contribution >= 0.6 is 0 Å². The van der Waals surface area contributed by atoms with E-state index in [4.69, 9.17) is 4.74 Å². The highest BCUT2D eigenvalue weighted by molar-refractivity contribution is 5.78. The maximum Gasteiger partial charge on any atom is 0.225 e. The summed E-state index contributed by atoms with van der Waals surface area (Å²) in [6.07, 6.45) is 0.256. The molecule has 0 fully saturated rings. The van der Waals surface area contributed by atoms with Gasteiger partial charge < -0.3 is 15.2 Å². The van der Waals surface area contributed by atoms with Crippen LogP contribution in [0.15, 0.2) is 0 Å². The quantitative estimate of drug-likeness (QED) is 0.663. The normalized spacial score (nSPS) is 15.1. The summed E-state index contributed by atoms with van der Waals surface area (Å²) in [4.78, 5) is 11.4.